The van der Waals surface area contributed by atoms with E-state index in [0.29, 0.717) is 33.2 Å². The average Bonchev–Trinajstić information content (AvgIpc) is 2.77. The summed E-state index contributed by atoms with van der Waals surface area (Å²) < 4.78 is 41.4. The average molecular weight is 446 g/mol. The van der Waals surface area contributed by atoms with E-state index in [1.54, 1.807) is 31.4 Å². The summed E-state index contributed by atoms with van der Waals surface area (Å²) in [5.41, 5.74) is 2.60. The van der Waals surface area contributed by atoms with Crippen LogP contribution in [0.1, 0.15) is 17.2 Å². The van der Waals surface area contributed by atoms with E-state index in [-0.39, 0.29) is 18.2 Å². The van der Waals surface area contributed by atoms with Crippen LogP contribution in [0.4, 0.5) is 13.2 Å². The lowest BCUT2D eigenvalue weighted by molar-refractivity contribution is -0.274. The Balaban J connectivity index is 2.18. The van der Waals surface area contributed by atoms with E-state index < -0.39 is 19.1 Å². The molecule has 0 aliphatic heterocycles. The van der Waals surface area contributed by atoms with Gasteiger partial charge in [-0.3, -0.25) is 9.78 Å². The smallest absolute Gasteiger partial charge is 0.406 e. The molecule has 0 radical (unpaired) electrons. The SMILES string of the molecule is C=CC(=O)N(C)Cc1cc(-c2ccc(OC(F)(F)F)cc2)c2ncccc2c1[C@H](O)CO. The molecule has 1 aromatic heterocycles. The first-order chi connectivity index (χ1) is 15.1. The minimum atomic E-state index is -4.80. The second kappa shape index (κ2) is 9.37. The molecule has 0 saturated heterocycles. The Morgan fingerprint density at radius 2 is 1.97 bits per heavy atom. The number of likely N-dealkylation sites (N-methyl/N-ethyl adjacent to an activating group) is 1. The molecule has 0 aliphatic carbocycles. The van der Waals surface area contributed by atoms with Crippen molar-refractivity contribution in [2.45, 2.75) is 19.0 Å². The van der Waals surface area contributed by atoms with E-state index in [1.807, 2.05) is 0 Å². The number of aliphatic hydroxyl groups is 2. The van der Waals surface area contributed by atoms with Crippen molar-refractivity contribution in [1.29, 1.82) is 0 Å². The summed E-state index contributed by atoms with van der Waals surface area (Å²) in [5, 5.41) is 20.6. The van der Waals surface area contributed by atoms with Crippen LogP contribution in [0.25, 0.3) is 22.0 Å². The highest BCUT2D eigenvalue weighted by Crippen LogP contribution is 2.36. The molecule has 1 heterocycles. The molecule has 1 atom stereocenters. The van der Waals surface area contributed by atoms with Gasteiger partial charge in [0.15, 0.2) is 0 Å². The number of halogens is 3. The summed E-state index contributed by atoms with van der Waals surface area (Å²) in [5.74, 6) is -0.696. The van der Waals surface area contributed by atoms with Gasteiger partial charge in [0.25, 0.3) is 0 Å². The minimum Gasteiger partial charge on any atom is -0.406 e. The third-order valence-corrected chi connectivity index (χ3v) is 4.88. The van der Waals surface area contributed by atoms with Crippen molar-refractivity contribution < 1.29 is 32.9 Å². The molecule has 32 heavy (non-hydrogen) atoms. The van der Waals surface area contributed by atoms with E-state index in [9.17, 15) is 28.2 Å². The maximum Gasteiger partial charge on any atom is 0.573 e. The molecule has 168 valence electrons. The number of rotatable bonds is 7. The lowest BCUT2D eigenvalue weighted by Crippen LogP contribution is -2.25. The van der Waals surface area contributed by atoms with Crippen LogP contribution in [0.2, 0.25) is 0 Å². The molecule has 0 bridgehead atoms. The number of aromatic nitrogens is 1. The van der Waals surface area contributed by atoms with Crippen LogP contribution in [-0.4, -0.2) is 46.0 Å². The van der Waals surface area contributed by atoms with Crippen molar-refractivity contribution >= 4 is 16.8 Å². The lowest BCUT2D eigenvalue weighted by atomic mass is 9.91. The Labute approximate surface area is 182 Å². The Kier molecular flexibility index (Phi) is 6.81. The van der Waals surface area contributed by atoms with Crippen molar-refractivity contribution in [3.63, 3.8) is 0 Å². The number of benzene rings is 2. The van der Waals surface area contributed by atoms with Gasteiger partial charge in [-0.15, -0.1) is 13.2 Å². The van der Waals surface area contributed by atoms with Crippen LogP contribution in [0.3, 0.4) is 0 Å². The number of alkyl halides is 3. The number of nitrogens with zero attached hydrogens (tertiary/aromatic N) is 2. The van der Waals surface area contributed by atoms with Gasteiger partial charge in [-0.05, 0) is 47.0 Å². The number of carbonyl (C=O) groups excluding carboxylic acids is 1. The molecular formula is C23H21F3N2O4. The summed E-state index contributed by atoms with van der Waals surface area (Å²) in [6.07, 6.45) is -3.31. The fourth-order valence-corrected chi connectivity index (χ4v) is 3.49. The van der Waals surface area contributed by atoms with Gasteiger partial charge in [0.1, 0.15) is 11.9 Å². The number of hydrogen-bond donors (Lipinski definition) is 2. The Bertz CT molecular complexity index is 1130. The van der Waals surface area contributed by atoms with E-state index in [4.69, 9.17) is 0 Å². The molecule has 0 unspecified atom stereocenters. The third-order valence-electron chi connectivity index (χ3n) is 4.88. The molecule has 0 fully saturated rings. The van der Waals surface area contributed by atoms with Crippen LogP contribution in [0, 0.1) is 0 Å². The van der Waals surface area contributed by atoms with E-state index in [2.05, 4.69) is 16.3 Å². The Hall–Kier alpha value is -3.43. The van der Waals surface area contributed by atoms with Gasteiger partial charge in [-0.1, -0.05) is 24.8 Å². The summed E-state index contributed by atoms with van der Waals surface area (Å²) in [6.45, 7) is 3.02. The first-order valence-electron chi connectivity index (χ1n) is 9.57. The quantitative estimate of drug-likeness (QED) is 0.537. The topological polar surface area (TPSA) is 82.9 Å². The first-order valence-corrected chi connectivity index (χ1v) is 9.57. The van der Waals surface area contributed by atoms with Gasteiger partial charge in [-0.25, -0.2) is 0 Å². The fraction of sp³-hybridized carbons (Fsp3) is 0.217. The van der Waals surface area contributed by atoms with Gasteiger partial charge in [0.05, 0.1) is 12.1 Å². The van der Waals surface area contributed by atoms with Crippen molar-refractivity contribution in [2.75, 3.05) is 13.7 Å². The second-order valence-corrected chi connectivity index (χ2v) is 7.07. The molecule has 9 heteroatoms. The zero-order valence-electron chi connectivity index (χ0n) is 17.1. The normalized spacial score (nSPS) is 12.4. The zero-order valence-corrected chi connectivity index (χ0v) is 17.1. The number of fused-ring (bicyclic) bond motifs is 1. The van der Waals surface area contributed by atoms with E-state index >= 15 is 0 Å². The molecule has 0 saturated carbocycles. The van der Waals surface area contributed by atoms with Gasteiger partial charge in [0.2, 0.25) is 5.91 Å². The summed E-state index contributed by atoms with van der Waals surface area (Å²) in [7, 11) is 1.56. The molecule has 6 nitrogen and oxygen atoms in total. The molecule has 2 aromatic carbocycles. The summed E-state index contributed by atoms with van der Waals surface area (Å²) in [4.78, 5) is 17.8. The highest BCUT2D eigenvalue weighted by atomic mass is 19.4. The molecular weight excluding hydrogens is 425 g/mol. The number of pyridine rings is 1. The van der Waals surface area contributed by atoms with Gasteiger partial charge >= 0.3 is 6.36 Å². The number of carbonyl (C=O) groups is 1. The standard InChI is InChI=1S/C23H21F3N2O4/c1-3-20(31)28(2)12-15-11-18(14-6-8-16(9-7-14)32-23(24,25)26)22-17(5-4-10-27-22)21(15)19(30)13-29/h3-11,19,29-30H,1,12-13H2,2H3/t19-/m1/s1. The maximum absolute atomic E-state index is 12.5. The number of hydrogen-bond acceptors (Lipinski definition) is 5. The van der Waals surface area contributed by atoms with Gasteiger partial charge in [0, 0.05) is 30.7 Å². The predicted octanol–water partition coefficient (Wildman–Crippen LogP) is 3.97. The molecule has 3 aromatic rings. The minimum absolute atomic E-state index is 0.102. The third kappa shape index (κ3) is 5.06. The van der Waals surface area contributed by atoms with Crippen LogP contribution < -0.4 is 4.74 Å². The number of ether oxygens (including phenoxy) is 1. The predicted molar refractivity (Wildman–Crippen MR) is 113 cm³/mol. The molecule has 0 spiro atoms. The molecule has 2 N–H and O–H groups in total. The van der Waals surface area contributed by atoms with Gasteiger partial charge in [-0.2, -0.15) is 0 Å². The van der Waals surface area contributed by atoms with Crippen molar-refractivity contribution in [3.05, 3.63) is 72.4 Å². The maximum atomic E-state index is 12.5. The summed E-state index contributed by atoms with van der Waals surface area (Å²) >= 11 is 0. The largest absolute Gasteiger partial charge is 0.573 e. The first kappa shape index (κ1) is 23.2. The monoisotopic (exact) mass is 446 g/mol. The lowest BCUT2D eigenvalue weighted by Gasteiger charge is -2.23. The number of amides is 1. The molecule has 3 rings (SSSR count). The fourth-order valence-electron chi connectivity index (χ4n) is 3.49. The Morgan fingerprint density at radius 3 is 2.56 bits per heavy atom. The highest BCUT2D eigenvalue weighted by molar-refractivity contribution is 5.97. The molecule has 1 amide bonds. The van der Waals surface area contributed by atoms with Crippen molar-refractivity contribution in [3.8, 4) is 16.9 Å². The zero-order chi connectivity index (χ0) is 23.5. The highest BCUT2D eigenvalue weighted by Gasteiger charge is 2.31. The number of aliphatic hydroxyl groups excluding tert-OH is 2. The molecule has 0 aliphatic rings. The van der Waals surface area contributed by atoms with Crippen LogP contribution in [0.15, 0.2) is 61.3 Å². The summed E-state index contributed by atoms with van der Waals surface area (Å²) in [6, 6.07) is 10.4. The van der Waals surface area contributed by atoms with Crippen LogP contribution in [0.5, 0.6) is 5.75 Å². The second-order valence-electron chi connectivity index (χ2n) is 7.07. The van der Waals surface area contributed by atoms with Crippen molar-refractivity contribution in [1.82, 2.24) is 9.88 Å². The van der Waals surface area contributed by atoms with Gasteiger partial charge < -0.3 is 19.8 Å². The van der Waals surface area contributed by atoms with E-state index in [0.717, 1.165) is 6.08 Å². The van der Waals surface area contributed by atoms with E-state index in [1.165, 1.54) is 29.2 Å². The Morgan fingerprint density at radius 1 is 1.28 bits per heavy atom. The van der Waals surface area contributed by atoms with Crippen LogP contribution >= 0.6 is 0 Å². The van der Waals surface area contributed by atoms with Crippen molar-refractivity contribution in [2.24, 2.45) is 0 Å². The van der Waals surface area contributed by atoms with Crippen LogP contribution in [-0.2, 0) is 11.3 Å².